The van der Waals surface area contributed by atoms with Crippen molar-refractivity contribution in [3.8, 4) is 0 Å². The number of carboxylic acids is 1. The van der Waals surface area contributed by atoms with Gasteiger partial charge in [-0.2, -0.15) is 0 Å². The second-order valence-electron chi connectivity index (χ2n) is 2.77. The maximum Gasteiger partial charge on any atom is 0.324 e. The van der Waals surface area contributed by atoms with Crippen molar-refractivity contribution < 1.29 is 19.5 Å². The molecule has 1 heterocycles. The third-order valence-electron chi connectivity index (χ3n) is 1.69. The van der Waals surface area contributed by atoms with Crippen LogP contribution in [0.25, 0.3) is 0 Å². The Morgan fingerprint density at radius 2 is 2.23 bits per heavy atom. The minimum absolute atomic E-state index is 0.0119. The second-order valence-corrected chi connectivity index (χ2v) is 2.77. The lowest BCUT2D eigenvalue weighted by Crippen LogP contribution is -2.29. The Kier molecular flexibility index (Phi) is 2.84. The summed E-state index contributed by atoms with van der Waals surface area (Å²) in [7, 11) is 0. The van der Waals surface area contributed by atoms with Crippen LogP contribution in [0, 0.1) is 0 Å². The number of aliphatic carboxylic acids is 1. The molecule has 0 aromatic carbocycles. The van der Waals surface area contributed by atoms with Gasteiger partial charge < -0.3 is 10.0 Å². The average Bonchev–Trinajstić information content (AvgIpc) is 2.29. The molecule has 1 rings (SSSR count). The van der Waals surface area contributed by atoms with Gasteiger partial charge in [-0.3, -0.25) is 14.9 Å². The van der Waals surface area contributed by atoms with Crippen LogP contribution < -0.4 is 5.32 Å². The van der Waals surface area contributed by atoms with Crippen molar-refractivity contribution in [2.75, 3.05) is 13.1 Å². The molecule has 6 heteroatoms. The fourth-order valence-electron chi connectivity index (χ4n) is 1.08. The molecule has 1 aliphatic heterocycles. The zero-order valence-corrected chi connectivity index (χ0v) is 6.95. The fourth-order valence-corrected chi connectivity index (χ4v) is 1.08. The van der Waals surface area contributed by atoms with Gasteiger partial charge in [0.15, 0.2) is 0 Å². The highest BCUT2D eigenvalue weighted by Crippen LogP contribution is 2.00. The maximum atomic E-state index is 10.9. The lowest BCUT2D eigenvalue weighted by atomic mass is 10.3. The van der Waals surface area contributed by atoms with Gasteiger partial charge in [0.2, 0.25) is 5.91 Å². The number of rotatable bonds is 4. The highest BCUT2D eigenvalue weighted by Gasteiger charge is 2.25. The van der Waals surface area contributed by atoms with Crippen LogP contribution in [0.1, 0.15) is 12.8 Å². The predicted molar refractivity (Wildman–Crippen MR) is 42.0 cm³/mol. The molecule has 1 saturated heterocycles. The highest BCUT2D eigenvalue weighted by atomic mass is 16.4. The molecule has 0 atom stereocenters. The lowest BCUT2D eigenvalue weighted by Gasteiger charge is -2.10. The Bertz CT molecular complexity index is 251. The van der Waals surface area contributed by atoms with E-state index in [9.17, 15) is 14.4 Å². The van der Waals surface area contributed by atoms with Crippen LogP contribution in [-0.2, 0) is 9.59 Å². The van der Waals surface area contributed by atoms with Gasteiger partial charge in [0.1, 0.15) is 6.54 Å². The van der Waals surface area contributed by atoms with E-state index in [4.69, 9.17) is 5.11 Å². The minimum Gasteiger partial charge on any atom is -0.481 e. The number of imide groups is 1. The lowest BCUT2D eigenvalue weighted by molar-refractivity contribution is -0.137. The van der Waals surface area contributed by atoms with Crippen LogP contribution in [0.4, 0.5) is 4.79 Å². The third kappa shape index (κ3) is 2.73. The van der Waals surface area contributed by atoms with Gasteiger partial charge in [-0.25, -0.2) is 4.79 Å². The Hall–Kier alpha value is -1.59. The molecule has 0 aliphatic carbocycles. The zero-order chi connectivity index (χ0) is 9.84. The number of hydrogen-bond acceptors (Lipinski definition) is 3. The Morgan fingerprint density at radius 1 is 1.54 bits per heavy atom. The maximum absolute atomic E-state index is 10.9. The number of amides is 3. The van der Waals surface area contributed by atoms with E-state index < -0.39 is 12.0 Å². The smallest absolute Gasteiger partial charge is 0.324 e. The predicted octanol–water partition coefficient (Wildman–Crippen LogP) is -0.597. The molecular formula is C7H10N2O4. The molecule has 1 fully saturated rings. The van der Waals surface area contributed by atoms with Crippen LogP contribution in [0.2, 0.25) is 0 Å². The Balaban J connectivity index is 2.26. The summed E-state index contributed by atoms with van der Waals surface area (Å²) in [6.45, 7) is 0.350. The molecule has 6 nitrogen and oxygen atoms in total. The molecule has 0 saturated carbocycles. The van der Waals surface area contributed by atoms with E-state index >= 15 is 0 Å². The molecule has 2 N–H and O–H groups in total. The summed E-state index contributed by atoms with van der Waals surface area (Å²) in [5.74, 6) is -1.23. The van der Waals surface area contributed by atoms with Crippen molar-refractivity contribution in [2.24, 2.45) is 0 Å². The fraction of sp³-hybridized carbons (Fsp3) is 0.571. The van der Waals surface area contributed by atoms with Crippen LogP contribution in [0.3, 0.4) is 0 Å². The number of carbonyl (C=O) groups excluding carboxylic acids is 2. The van der Waals surface area contributed by atoms with Gasteiger partial charge in [-0.1, -0.05) is 0 Å². The summed E-state index contributed by atoms with van der Waals surface area (Å²) in [5.41, 5.74) is 0. The van der Waals surface area contributed by atoms with Crippen molar-refractivity contribution in [3.63, 3.8) is 0 Å². The van der Waals surface area contributed by atoms with E-state index in [1.54, 1.807) is 0 Å². The number of urea groups is 1. The van der Waals surface area contributed by atoms with Gasteiger partial charge in [0.25, 0.3) is 0 Å². The molecule has 0 radical (unpaired) electrons. The molecule has 0 unspecified atom stereocenters. The largest absolute Gasteiger partial charge is 0.481 e. The minimum atomic E-state index is -0.897. The molecule has 0 spiro atoms. The van der Waals surface area contributed by atoms with E-state index in [0.717, 1.165) is 0 Å². The van der Waals surface area contributed by atoms with Crippen LogP contribution >= 0.6 is 0 Å². The summed E-state index contributed by atoms with van der Waals surface area (Å²) in [6, 6.07) is -0.435. The first-order valence-electron chi connectivity index (χ1n) is 3.90. The number of nitrogens with one attached hydrogen (secondary N) is 1. The summed E-state index contributed by atoms with van der Waals surface area (Å²) >= 11 is 0. The van der Waals surface area contributed by atoms with E-state index in [2.05, 4.69) is 5.32 Å². The van der Waals surface area contributed by atoms with Gasteiger partial charge in [0, 0.05) is 13.0 Å². The first kappa shape index (κ1) is 9.50. The van der Waals surface area contributed by atoms with Gasteiger partial charge in [0.05, 0.1) is 0 Å². The molecule has 0 bridgehead atoms. The summed E-state index contributed by atoms with van der Waals surface area (Å²) in [4.78, 5) is 33.0. The first-order chi connectivity index (χ1) is 6.09. The van der Waals surface area contributed by atoms with Gasteiger partial charge in [-0.15, -0.1) is 0 Å². The molecular weight excluding hydrogens is 176 g/mol. The third-order valence-corrected chi connectivity index (χ3v) is 1.69. The summed E-state index contributed by atoms with van der Waals surface area (Å²) in [6.07, 6.45) is 0.383. The van der Waals surface area contributed by atoms with Crippen LogP contribution in [0.5, 0.6) is 0 Å². The van der Waals surface area contributed by atoms with Crippen molar-refractivity contribution >= 4 is 17.9 Å². The number of nitrogens with zero attached hydrogens (tertiary/aromatic N) is 1. The van der Waals surface area contributed by atoms with E-state index in [-0.39, 0.29) is 18.9 Å². The van der Waals surface area contributed by atoms with E-state index in [0.29, 0.717) is 13.0 Å². The topological polar surface area (TPSA) is 86.7 Å². The van der Waals surface area contributed by atoms with Crippen LogP contribution in [0.15, 0.2) is 0 Å². The second kappa shape index (κ2) is 3.88. The Labute approximate surface area is 74.5 Å². The van der Waals surface area contributed by atoms with Crippen LogP contribution in [-0.4, -0.2) is 41.0 Å². The van der Waals surface area contributed by atoms with Crippen molar-refractivity contribution in [1.29, 1.82) is 0 Å². The number of hydrogen-bond donors (Lipinski definition) is 2. The van der Waals surface area contributed by atoms with E-state index in [1.807, 2.05) is 0 Å². The van der Waals surface area contributed by atoms with Crippen molar-refractivity contribution in [3.05, 3.63) is 0 Å². The number of carboxylic acid groups (broad SMARTS) is 1. The molecule has 13 heavy (non-hydrogen) atoms. The number of carbonyl (C=O) groups is 3. The average molecular weight is 186 g/mol. The molecule has 3 amide bonds. The van der Waals surface area contributed by atoms with Gasteiger partial charge >= 0.3 is 12.0 Å². The SMILES string of the molecule is O=C(O)CCCN1CC(=O)NC1=O. The van der Waals surface area contributed by atoms with E-state index in [1.165, 1.54) is 4.90 Å². The molecule has 1 aliphatic rings. The first-order valence-corrected chi connectivity index (χ1v) is 3.90. The standard InChI is InChI=1S/C7H10N2O4/c10-5-4-9(7(13)8-5)3-1-2-6(11)12/h1-4H2,(H,11,12)(H,8,10,13). The van der Waals surface area contributed by atoms with Crippen molar-refractivity contribution in [1.82, 2.24) is 10.2 Å². The summed E-state index contributed by atoms with van der Waals surface area (Å²) in [5, 5.41) is 10.4. The normalized spacial score (nSPS) is 16.2. The van der Waals surface area contributed by atoms with Gasteiger partial charge in [-0.05, 0) is 6.42 Å². The zero-order valence-electron chi connectivity index (χ0n) is 6.95. The molecule has 0 aromatic heterocycles. The molecule has 0 aromatic rings. The Morgan fingerprint density at radius 3 is 2.69 bits per heavy atom. The quantitative estimate of drug-likeness (QED) is 0.574. The highest BCUT2D eigenvalue weighted by molar-refractivity contribution is 6.01. The summed E-state index contributed by atoms with van der Waals surface area (Å²) < 4.78 is 0. The monoisotopic (exact) mass is 186 g/mol. The molecule has 72 valence electrons. The van der Waals surface area contributed by atoms with Crippen molar-refractivity contribution in [2.45, 2.75) is 12.8 Å².